The Balaban J connectivity index is 0.000000312. The monoisotopic (exact) mass is 561 g/mol. The molecule has 2 aromatic rings. The summed E-state index contributed by atoms with van der Waals surface area (Å²) in [5.74, 6) is 1.07. The second-order valence-corrected chi connectivity index (χ2v) is 11.0. The average Bonchev–Trinajstić information content (AvgIpc) is 2.92. The minimum atomic E-state index is 0.405. The number of hydrogen-bond donors (Lipinski definition) is 1. The lowest BCUT2D eigenvalue weighted by Gasteiger charge is -2.32. The molecule has 1 aromatic heterocycles. The summed E-state index contributed by atoms with van der Waals surface area (Å²) in [6, 6.07) is 6.94. The van der Waals surface area contributed by atoms with Gasteiger partial charge in [0.2, 0.25) is 0 Å². The molecule has 1 aliphatic heterocycles. The summed E-state index contributed by atoms with van der Waals surface area (Å²) in [7, 11) is 2.06. The van der Waals surface area contributed by atoms with Gasteiger partial charge in [0.25, 0.3) is 0 Å². The Bertz CT molecular complexity index is 935. The number of aryl methyl sites for hydroxylation is 3. The molecule has 32 heavy (non-hydrogen) atoms. The molecule has 5 heteroatoms. The predicted molar refractivity (Wildman–Crippen MR) is 143 cm³/mol. The molecule has 1 saturated heterocycles. The molecular weight excluding hydrogens is 526 g/mol. The van der Waals surface area contributed by atoms with Gasteiger partial charge in [0.15, 0.2) is 0 Å². The van der Waals surface area contributed by atoms with Crippen molar-refractivity contribution in [1.29, 1.82) is 0 Å². The van der Waals surface area contributed by atoms with Crippen molar-refractivity contribution in [2.45, 2.75) is 58.8 Å². The third kappa shape index (κ3) is 6.24. The Labute approximate surface area is 211 Å². The summed E-state index contributed by atoms with van der Waals surface area (Å²) < 4.78 is 2.35. The van der Waals surface area contributed by atoms with Crippen LogP contribution in [-0.2, 0) is 12.8 Å². The van der Waals surface area contributed by atoms with E-state index in [1.54, 1.807) is 0 Å². The van der Waals surface area contributed by atoms with Gasteiger partial charge in [0.05, 0.1) is 5.69 Å². The highest BCUT2D eigenvalue weighted by Gasteiger charge is 2.34. The van der Waals surface area contributed by atoms with E-state index in [1.165, 1.54) is 51.7 Å². The van der Waals surface area contributed by atoms with Crippen LogP contribution in [0.15, 0.2) is 45.6 Å². The molecule has 174 valence electrons. The van der Waals surface area contributed by atoms with Gasteiger partial charge in [-0.05, 0) is 115 Å². The highest BCUT2D eigenvalue weighted by Crippen LogP contribution is 2.45. The van der Waals surface area contributed by atoms with Gasteiger partial charge in [-0.2, -0.15) is 0 Å². The minimum Gasteiger partial charge on any atom is -0.379 e. The molecule has 1 aromatic carbocycles. The second kappa shape index (κ2) is 11.8. The highest BCUT2D eigenvalue weighted by atomic mass is 79.9. The van der Waals surface area contributed by atoms with Gasteiger partial charge < -0.3 is 10.2 Å². The molecule has 1 aliphatic carbocycles. The first-order chi connectivity index (χ1) is 15.3. The number of halogens is 2. The lowest BCUT2D eigenvalue weighted by Crippen LogP contribution is -2.32. The SMILES string of the molecule is C=C(C)N(C)CCC.Cc1cc(Br)c2c(c1)CCc1cc(Br)cnc1[C@@H]2C1CCNCC1. The topological polar surface area (TPSA) is 28.2 Å². The molecule has 1 atom stereocenters. The maximum Gasteiger partial charge on any atom is 0.0514 e. The zero-order chi connectivity index (χ0) is 23.3. The van der Waals surface area contributed by atoms with Crippen molar-refractivity contribution >= 4 is 31.9 Å². The van der Waals surface area contributed by atoms with Crippen LogP contribution in [0.2, 0.25) is 0 Å². The number of piperidine rings is 1. The van der Waals surface area contributed by atoms with Gasteiger partial charge in [0, 0.05) is 40.3 Å². The first-order valence-electron chi connectivity index (χ1n) is 11.8. The van der Waals surface area contributed by atoms with Gasteiger partial charge in [-0.1, -0.05) is 35.5 Å². The smallest absolute Gasteiger partial charge is 0.0514 e. The van der Waals surface area contributed by atoms with Crippen molar-refractivity contribution in [1.82, 2.24) is 15.2 Å². The van der Waals surface area contributed by atoms with Crippen LogP contribution in [0.25, 0.3) is 0 Å². The summed E-state index contributed by atoms with van der Waals surface area (Å²) in [4.78, 5) is 7.06. The van der Waals surface area contributed by atoms with Gasteiger partial charge in [0.1, 0.15) is 0 Å². The Morgan fingerprint density at radius 2 is 1.84 bits per heavy atom. The molecule has 0 saturated carbocycles. The third-order valence-corrected chi connectivity index (χ3v) is 7.75. The van der Waals surface area contributed by atoms with E-state index in [9.17, 15) is 0 Å². The number of benzene rings is 1. The van der Waals surface area contributed by atoms with Gasteiger partial charge in [-0.15, -0.1) is 0 Å². The molecule has 2 aliphatic rings. The highest BCUT2D eigenvalue weighted by molar-refractivity contribution is 9.10. The number of nitrogens with zero attached hydrogens (tertiary/aromatic N) is 2. The minimum absolute atomic E-state index is 0.405. The molecule has 1 fully saturated rings. The first kappa shape index (κ1) is 25.5. The molecule has 4 rings (SSSR count). The van der Waals surface area contributed by atoms with Crippen molar-refractivity contribution in [3.05, 3.63) is 73.6 Å². The lowest BCUT2D eigenvalue weighted by atomic mass is 9.76. The molecule has 0 amide bonds. The lowest BCUT2D eigenvalue weighted by molar-refractivity contribution is 0.338. The largest absolute Gasteiger partial charge is 0.379 e. The first-order valence-corrected chi connectivity index (χ1v) is 13.4. The number of hydrogen-bond acceptors (Lipinski definition) is 3. The Morgan fingerprint density at radius 1 is 1.16 bits per heavy atom. The Kier molecular flexibility index (Phi) is 9.39. The van der Waals surface area contributed by atoms with Crippen LogP contribution in [0.1, 0.15) is 67.0 Å². The van der Waals surface area contributed by atoms with Gasteiger partial charge >= 0.3 is 0 Å². The second-order valence-electron chi connectivity index (χ2n) is 9.24. The van der Waals surface area contributed by atoms with E-state index in [4.69, 9.17) is 4.98 Å². The molecule has 3 nitrogen and oxygen atoms in total. The van der Waals surface area contributed by atoms with Crippen LogP contribution in [0.5, 0.6) is 0 Å². The molecule has 0 bridgehead atoms. The molecule has 0 unspecified atom stereocenters. The van der Waals surface area contributed by atoms with E-state index >= 15 is 0 Å². The number of rotatable bonds is 4. The fraction of sp³-hybridized carbons (Fsp3) is 0.519. The normalized spacial score (nSPS) is 18.0. The van der Waals surface area contributed by atoms with E-state index in [-0.39, 0.29) is 0 Å². The standard InChI is InChI=1S/C20H22Br2N2.C7H15N/c1-12-8-14-2-3-15-10-16(21)11-24-20(15)19(18(14)17(22)9-12)13-4-6-23-7-5-13;1-5-6-8(4)7(2)3/h8-11,13,19,23H,2-7H2,1H3;2,5-6H2,1,3-4H3/t19-;/m1./s1. The van der Waals surface area contributed by atoms with Crippen LogP contribution >= 0.6 is 31.9 Å². The van der Waals surface area contributed by atoms with E-state index in [0.717, 1.165) is 42.6 Å². The van der Waals surface area contributed by atoms with Crippen LogP contribution < -0.4 is 5.32 Å². The molecule has 0 spiro atoms. The van der Waals surface area contributed by atoms with Crippen LogP contribution in [0.3, 0.4) is 0 Å². The number of pyridine rings is 1. The maximum absolute atomic E-state index is 4.91. The Morgan fingerprint density at radius 3 is 2.47 bits per heavy atom. The molecule has 0 radical (unpaired) electrons. The van der Waals surface area contributed by atoms with Crippen molar-refractivity contribution < 1.29 is 0 Å². The molecular formula is C27H37Br2N3. The van der Waals surface area contributed by atoms with Crippen molar-refractivity contribution in [3.63, 3.8) is 0 Å². The zero-order valence-electron chi connectivity index (χ0n) is 20.0. The summed E-state index contributed by atoms with van der Waals surface area (Å²) in [6.07, 6.45) is 7.79. The van der Waals surface area contributed by atoms with Crippen molar-refractivity contribution in [2.75, 3.05) is 26.7 Å². The van der Waals surface area contributed by atoms with Crippen molar-refractivity contribution in [2.24, 2.45) is 5.92 Å². The Hall–Kier alpha value is -1.17. The van der Waals surface area contributed by atoms with Crippen LogP contribution in [-0.4, -0.2) is 36.6 Å². The maximum atomic E-state index is 4.91. The number of fused-ring (bicyclic) bond motifs is 2. The van der Waals surface area contributed by atoms with Crippen molar-refractivity contribution in [3.8, 4) is 0 Å². The average molecular weight is 563 g/mol. The van der Waals surface area contributed by atoms with E-state index < -0.39 is 0 Å². The van der Waals surface area contributed by atoms with E-state index in [2.05, 4.69) is 87.7 Å². The predicted octanol–water partition coefficient (Wildman–Crippen LogP) is 7.01. The number of aromatic nitrogens is 1. The molecule has 2 heterocycles. The molecule has 1 N–H and O–H groups in total. The number of allylic oxidation sites excluding steroid dienone is 1. The summed E-state index contributed by atoms with van der Waals surface area (Å²) in [5, 5.41) is 3.51. The van der Waals surface area contributed by atoms with Crippen LogP contribution in [0, 0.1) is 12.8 Å². The quantitative estimate of drug-likeness (QED) is 0.434. The fourth-order valence-corrected chi connectivity index (χ4v) is 6.16. The summed E-state index contributed by atoms with van der Waals surface area (Å²) in [6.45, 7) is 13.5. The van der Waals surface area contributed by atoms with E-state index in [1.807, 2.05) is 13.1 Å². The summed E-state index contributed by atoms with van der Waals surface area (Å²) in [5.41, 5.74) is 8.18. The van der Waals surface area contributed by atoms with Gasteiger partial charge in [-0.3, -0.25) is 4.98 Å². The van der Waals surface area contributed by atoms with Gasteiger partial charge in [-0.25, -0.2) is 0 Å². The van der Waals surface area contributed by atoms with E-state index in [0.29, 0.717) is 11.8 Å². The fourth-order valence-electron chi connectivity index (χ4n) is 4.92. The summed E-state index contributed by atoms with van der Waals surface area (Å²) >= 11 is 7.50. The van der Waals surface area contributed by atoms with Crippen LogP contribution in [0.4, 0.5) is 0 Å². The zero-order valence-corrected chi connectivity index (χ0v) is 23.2. The number of nitrogens with one attached hydrogen (secondary N) is 1. The third-order valence-electron chi connectivity index (χ3n) is 6.66.